The molecule has 0 bridgehead atoms. The number of imidazole rings is 1. The van der Waals surface area contributed by atoms with E-state index in [9.17, 15) is 8.42 Å². The molecule has 2 aromatic rings. The lowest BCUT2D eigenvalue weighted by Crippen LogP contribution is -2.26. The minimum atomic E-state index is -3.48. The van der Waals surface area contributed by atoms with Gasteiger partial charge in [0, 0.05) is 13.6 Å². The van der Waals surface area contributed by atoms with Crippen LogP contribution in [0.2, 0.25) is 0 Å². The molecular weight excluding hydrogens is 238 g/mol. The van der Waals surface area contributed by atoms with E-state index in [1.165, 1.54) is 16.8 Å². The molecule has 1 heterocycles. The van der Waals surface area contributed by atoms with Crippen LogP contribution < -0.4 is 0 Å². The molecule has 6 heteroatoms. The Hall–Kier alpha value is -1.66. The van der Waals surface area contributed by atoms with Gasteiger partial charge in [0.25, 0.3) is 10.0 Å². The van der Waals surface area contributed by atoms with Crippen LogP contribution in [-0.2, 0) is 16.6 Å². The molecule has 0 spiro atoms. The second kappa shape index (κ2) is 4.68. The zero-order valence-corrected chi connectivity index (χ0v) is 10.2. The number of nitrogens with zero attached hydrogens (tertiary/aromatic N) is 2. The van der Waals surface area contributed by atoms with E-state index >= 15 is 0 Å². The van der Waals surface area contributed by atoms with Crippen LogP contribution in [0, 0.1) is 0 Å². The summed E-state index contributed by atoms with van der Waals surface area (Å²) in [6, 6.07) is 9.43. The number of nitrogens with one attached hydrogen (secondary N) is 1. The van der Waals surface area contributed by atoms with Crippen molar-refractivity contribution in [3.63, 3.8) is 0 Å². The van der Waals surface area contributed by atoms with Crippen molar-refractivity contribution in [1.29, 1.82) is 0 Å². The van der Waals surface area contributed by atoms with E-state index in [1.807, 2.05) is 30.3 Å². The largest absolute Gasteiger partial charge is 0.335 e. The molecule has 0 fully saturated rings. The monoisotopic (exact) mass is 251 g/mol. The standard InChI is InChI=1S/C11H13N3O2S/c1-14(8-10-5-3-2-4-6-10)17(15,16)11-7-12-9-13-11/h2-7,9H,8H2,1H3,(H,12,13). The van der Waals surface area contributed by atoms with Crippen molar-refractivity contribution in [3.8, 4) is 0 Å². The van der Waals surface area contributed by atoms with Gasteiger partial charge in [0.15, 0.2) is 5.03 Å². The van der Waals surface area contributed by atoms with Crippen molar-refractivity contribution >= 4 is 10.0 Å². The highest BCUT2D eigenvalue weighted by molar-refractivity contribution is 7.89. The Labute approximate surface area is 100 Å². The molecule has 5 nitrogen and oxygen atoms in total. The number of aromatic amines is 1. The molecule has 0 aliphatic rings. The Bertz CT molecular complexity index is 564. The number of hydrogen-bond acceptors (Lipinski definition) is 3. The van der Waals surface area contributed by atoms with Crippen LogP contribution in [0.3, 0.4) is 0 Å². The van der Waals surface area contributed by atoms with Gasteiger partial charge in [0.05, 0.1) is 12.5 Å². The van der Waals surface area contributed by atoms with Gasteiger partial charge in [-0.1, -0.05) is 30.3 Å². The fraction of sp³-hybridized carbons (Fsp3) is 0.182. The summed E-state index contributed by atoms with van der Waals surface area (Å²) < 4.78 is 25.4. The zero-order valence-electron chi connectivity index (χ0n) is 9.37. The van der Waals surface area contributed by atoms with E-state index in [4.69, 9.17) is 0 Å². The average molecular weight is 251 g/mol. The molecule has 0 aliphatic heterocycles. The summed E-state index contributed by atoms with van der Waals surface area (Å²) in [6.07, 6.45) is 2.65. The van der Waals surface area contributed by atoms with Gasteiger partial charge in [0.2, 0.25) is 0 Å². The molecule has 0 atom stereocenters. The Kier molecular flexibility index (Phi) is 3.26. The van der Waals surface area contributed by atoms with Crippen molar-refractivity contribution in [2.24, 2.45) is 0 Å². The number of H-pyrrole nitrogens is 1. The maximum atomic E-state index is 12.1. The van der Waals surface area contributed by atoms with Crippen LogP contribution in [0.1, 0.15) is 5.56 Å². The van der Waals surface area contributed by atoms with Crippen molar-refractivity contribution < 1.29 is 8.42 Å². The Balaban J connectivity index is 2.19. The average Bonchev–Trinajstić information content (AvgIpc) is 2.84. The third-order valence-electron chi connectivity index (χ3n) is 2.41. The number of benzene rings is 1. The minimum Gasteiger partial charge on any atom is -0.335 e. The number of aromatic nitrogens is 2. The van der Waals surface area contributed by atoms with Gasteiger partial charge < -0.3 is 4.98 Å². The molecule has 1 aromatic heterocycles. The summed E-state index contributed by atoms with van der Waals surface area (Å²) in [7, 11) is -1.93. The smallest absolute Gasteiger partial charge is 0.260 e. The van der Waals surface area contributed by atoms with Crippen molar-refractivity contribution in [1.82, 2.24) is 14.3 Å². The number of rotatable bonds is 4. The topological polar surface area (TPSA) is 66.1 Å². The summed E-state index contributed by atoms with van der Waals surface area (Å²) in [6.45, 7) is 0.336. The predicted octanol–water partition coefficient (Wildman–Crippen LogP) is 1.23. The molecule has 0 amide bonds. The van der Waals surface area contributed by atoms with E-state index < -0.39 is 10.0 Å². The van der Waals surface area contributed by atoms with Gasteiger partial charge in [-0.25, -0.2) is 13.4 Å². The summed E-state index contributed by atoms with van der Waals surface area (Å²) in [5.74, 6) is 0. The van der Waals surface area contributed by atoms with Crippen molar-refractivity contribution in [2.45, 2.75) is 11.6 Å². The molecule has 0 radical (unpaired) electrons. The predicted molar refractivity (Wildman–Crippen MR) is 63.7 cm³/mol. The van der Waals surface area contributed by atoms with E-state index in [2.05, 4.69) is 9.97 Å². The summed E-state index contributed by atoms with van der Waals surface area (Å²) >= 11 is 0. The maximum Gasteiger partial charge on any atom is 0.260 e. The van der Waals surface area contributed by atoms with E-state index in [1.54, 1.807) is 7.05 Å². The molecule has 1 aromatic carbocycles. The second-order valence-corrected chi connectivity index (χ2v) is 5.68. The van der Waals surface area contributed by atoms with Gasteiger partial charge in [-0.15, -0.1) is 0 Å². The van der Waals surface area contributed by atoms with Gasteiger partial charge in [0.1, 0.15) is 0 Å². The molecule has 90 valence electrons. The third-order valence-corrected chi connectivity index (χ3v) is 4.14. The second-order valence-electron chi connectivity index (χ2n) is 3.66. The highest BCUT2D eigenvalue weighted by atomic mass is 32.2. The molecule has 0 aliphatic carbocycles. The zero-order chi connectivity index (χ0) is 12.3. The molecule has 2 rings (SSSR count). The third kappa shape index (κ3) is 2.54. The summed E-state index contributed by atoms with van der Waals surface area (Å²) in [5.41, 5.74) is 0.943. The van der Waals surface area contributed by atoms with Crippen LogP contribution in [0.15, 0.2) is 47.9 Å². The molecule has 0 saturated carbocycles. The van der Waals surface area contributed by atoms with Gasteiger partial charge >= 0.3 is 0 Å². The van der Waals surface area contributed by atoms with Crippen LogP contribution in [-0.4, -0.2) is 29.7 Å². The number of sulfonamides is 1. The molecular formula is C11H13N3O2S. The first-order chi connectivity index (χ1) is 8.10. The quantitative estimate of drug-likeness (QED) is 0.888. The number of hydrogen-bond donors (Lipinski definition) is 1. The SMILES string of the molecule is CN(Cc1ccccc1)S(=O)(=O)c1cnc[nH]1. The Morgan fingerprint density at radius 2 is 2.00 bits per heavy atom. The van der Waals surface area contributed by atoms with E-state index in [0.29, 0.717) is 6.54 Å². The van der Waals surface area contributed by atoms with Gasteiger partial charge in [-0.3, -0.25) is 0 Å². The minimum absolute atomic E-state index is 0.107. The first-order valence-electron chi connectivity index (χ1n) is 5.09. The van der Waals surface area contributed by atoms with Crippen molar-refractivity contribution in [3.05, 3.63) is 48.4 Å². The van der Waals surface area contributed by atoms with E-state index in [-0.39, 0.29) is 5.03 Å². The normalized spacial score (nSPS) is 11.9. The summed E-state index contributed by atoms with van der Waals surface area (Å²) in [4.78, 5) is 6.32. The van der Waals surface area contributed by atoms with Crippen LogP contribution in [0.4, 0.5) is 0 Å². The van der Waals surface area contributed by atoms with Gasteiger partial charge in [-0.05, 0) is 5.56 Å². The van der Waals surface area contributed by atoms with Crippen LogP contribution in [0.25, 0.3) is 0 Å². The maximum absolute atomic E-state index is 12.1. The Morgan fingerprint density at radius 3 is 2.59 bits per heavy atom. The lowest BCUT2D eigenvalue weighted by molar-refractivity contribution is 0.464. The van der Waals surface area contributed by atoms with E-state index in [0.717, 1.165) is 5.56 Å². The lowest BCUT2D eigenvalue weighted by Gasteiger charge is -2.15. The molecule has 1 N–H and O–H groups in total. The fourth-order valence-electron chi connectivity index (χ4n) is 1.48. The molecule has 17 heavy (non-hydrogen) atoms. The highest BCUT2D eigenvalue weighted by Crippen LogP contribution is 2.13. The van der Waals surface area contributed by atoms with Crippen LogP contribution >= 0.6 is 0 Å². The van der Waals surface area contributed by atoms with Crippen molar-refractivity contribution in [2.75, 3.05) is 7.05 Å². The molecule has 0 unspecified atom stereocenters. The fourth-order valence-corrected chi connectivity index (χ4v) is 2.53. The lowest BCUT2D eigenvalue weighted by atomic mass is 10.2. The van der Waals surface area contributed by atoms with Crippen LogP contribution in [0.5, 0.6) is 0 Å². The Morgan fingerprint density at radius 1 is 1.29 bits per heavy atom. The summed E-state index contributed by atoms with van der Waals surface area (Å²) in [5, 5.41) is 0.107. The first kappa shape index (κ1) is 11.8. The first-order valence-corrected chi connectivity index (χ1v) is 6.53. The highest BCUT2D eigenvalue weighted by Gasteiger charge is 2.21. The molecule has 0 saturated heterocycles. The van der Waals surface area contributed by atoms with Gasteiger partial charge in [-0.2, -0.15) is 4.31 Å².